The molecular weight excluding hydrogens is 484 g/mol. The molecule has 11 heteroatoms. The van der Waals surface area contributed by atoms with E-state index >= 15 is 0 Å². The van der Waals surface area contributed by atoms with Crippen molar-refractivity contribution in [3.63, 3.8) is 0 Å². The Morgan fingerprint density at radius 2 is 1.71 bits per heavy atom. The van der Waals surface area contributed by atoms with Gasteiger partial charge in [0.1, 0.15) is 10.4 Å². The second-order valence-corrected chi connectivity index (χ2v) is 10.1. The van der Waals surface area contributed by atoms with Crippen LogP contribution in [0.2, 0.25) is 0 Å². The number of carbonyl (C=O) groups is 1. The molecule has 0 bridgehead atoms. The molecule has 4 aromatic rings. The van der Waals surface area contributed by atoms with Gasteiger partial charge in [0.2, 0.25) is 5.91 Å². The van der Waals surface area contributed by atoms with E-state index in [4.69, 9.17) is 0 Å². The Morgan fingerprint density at radius 1 is 0.971 bits per heavy atom. The van der Waals surface area contributed by atoms with E-state index in [2.05, 4.69) is 27.0 Å². The van der Waals surface area contributed by atoms with Crippen molar-refractivity contribution in [3.05, 3.63) is 68.7 Å². The van der Waals surface area contributed by atoms with Crippen LogP contribution < -0.4 is 16.1 Å². The molecule has 0 unspecified atom stereocenters. The molecule has 0 saturated carbocycles. The fourth-order valence-corrected chi connectivity index (χ4v) is 5.70. The van der Waals surface area contributed by atoms with Crippen LogP contribution in [-0.2, 0) is 18.9 Å². The van der Waals surface area contributed by atoms with Crippen LogP contribution in [0, 0.1) is 0 Å². The highest BCUT2D eigenvalue weighted by molar-refractivity contribution is 8.00. The van der Waals surface area contributed by atoms with Gasteiger partial charge in [0.15, 0.2) is 11.5 Å². The normalized spacial score (nSPS) is 14.0. The van der Waals surface area contributed by atoms with Gasteiger partial charge in [-0.15, -0.1) is 11.3 Å². The number of thiophene rings is 1. The molecule has 0 radical (unpaired) electrons. The second-order valence-electron chi connectivity index (χ2n) is 8.23. The zero-order valence-electron chi connectivity index (χ0n) is 19.4. The first kappa shape index (κ1) is 23.3. The number of carbonyl (C=O) groups excluding carboxylic acids is 1. The number of fused-ring (bicyclic) bond motifs is 1. The van der Waals surface area contributed by atoms with Crippen LogP contribution in [0.25, 0.3) is 21.7 Å². The van der Waals surface area contributed by atoms with Gasteiger partial charge in [-0.1, -0.05) is 36.0 Å². The number of anilines is 1. The van der Waals surface area contributed by atoms with E-state index in [1.54, 1.807) is 7.05 Å². The number of nitrogens with zero attached hydrogens (tertiary/aromatic N) is 6. The highest BCUT2D eigenvalue weighted by atomic mass is 32.2. The third-order valence-corrected chi connectivity index (χ3v) is 7.92. The van der Waals surface area contributed by atoms with Crippen LogP contribution in [0.15, 0.2) is 62.5 Å². The zero-order valence-corrected chi connectivity index (χ0v) is 21.0. The Hall–Kier alpha value is -3.44. The average Bonchev–Trinajstić information content (AvgIpc) is 3.44. The van der Waals surface area contributed by atoms with E-state index in [0.29, 0.717) is 23.9 Å². The van der Waals surface area contributed by atoms with Crippen molar-refractivity contribution in [1.29, 1.82) is 0 Å². The van der Waals surface area contributed by atoms with Crippen molar-refractivity contribution in [2.24, 2.45) is 14.1 Å². The van der Waals surface area contributed by atoms with E-state index in [9.17, 15) is 14.4 Å². The van der Waals surface area contributed by atoms with Gasteiger partial charge in [-0.3, -0.25) is 18.7 Å². The summed E-state index contributed by atoms with van der Waals surface area (Å²) < 4.78 is 2.40. The fraction of sp³-hybridized carbons (Fsp3) is 0.292. The van der Waals surface area contributed by atoms with Crippen LogP contribution in [0.3, 0.4) is 0 Å². The summed E-state index contributed by atoms with van der Waals surface area (Å²) >= 11 is 2.69. The minimum atomic E-state index is -0.466. The first-order chi connectivity index (χ1) is 16.9. The summed E-state index contributed by atoms with van der Waals surface area (Å²) in [5.74, 6) is 0.573. The maximum absolute atomic E-state index is 13.0. The van der Waals surface area contributed by atoms with E-state index in [1.165, 1.54) is 34.7 Å². The van der Waals surface area contributed by atoms with Crippen molar-refractivity contribution in [2.75, 3.05) is 36.8 Å². The molecule has 1 aliphatic rings. The predicted molar refractivity (Wildman–Crippen MR) is 139 cm³/mol. The maximum Gasteiger partial charge on any atom is 0.332 e. The lowest BCUT2D eigenvalue weighted by molar-refractivity contribution is -0.128. The number of rotatable bonds is 5. The van der Waals surface area contributed by atoms with Crippen LogP contribution in [-0.4, -0.2) is 61.8 Å². The molecule has 1 fully saturated rings. The van der Waals surface area contributed by atoms with E-state index < -0.39 is 11.2 Å². The van der Waals surface area contributed by atoms with Gasteiger partial charge in [-0.25, -0.2) is 14.8 Å². The number of piperazine rings is 1. The van der Waals surface area contributed by atoms with Crippen LogP contribution in [0.1, 0.15) is 0 Å². The largest absolute Gasteiger partial charge is 0.368 e. The molecule has 1 amide bonds. The van der Waals surface area contributed by atoms with Gasteiger partial charge in [0.05, 0.1) is 10.6 Å². The fourth-order valence-electron chi connectivity index (χ4n) is 4.12. The van der Waals surface area contributed by atoms with E-state index in [-0.39, 0.29) is 22.7 Å². The second kappa shape index (κ2) is 9.67. The van der Waals surface area contributed by atoms with Crippen molar-refractivity contribution in [3.8, 4) is 10.7 Å². The van der Waals surface area contributed by atoms with Crippen LogP contribution in [0.5, 0.6) is 0 Å². The van der Waals surface area contributed by atoms with Crippen LogP contribution in [0.4, 0.5) is 5.69 Å². The maximum atomic E-state index is 13.0. The Kier molecular flexibility index (Phi) is 6.44. The Balaban J connectivity index is 1.39. The van der Waals surface area contributed by atoms with Crippen molar-refractivity contribution in [2.45, 2.75) is 5.03 Å². The lowest BCUT2D eigenvalue weighted by Crippen LogP contribution is -2.49. The lowest BCUT2D eigenvalue weighted by atomic mass is 10.2. The van der Waals surface area contributed by atoms with Gasteiger partial charge in [-0.05, 0) is 23.6 Å². The molecule has 180 valence electrons. The molecule has 9 nitrogen and oxygen atoms in total. The number of thioether (sulfide) groups is 1. The SMILES string of the molecule is Cn1c(=O)c2c(SCC(=O)N3CCN(c4ccccc4)CC3)nc(-c3cccs3)nc2n(C)c1=O. The summed E-state index contributed by atoms with van der Waals surface area (Å²) in [6.07, 6.45) is 0. The summed E-state index contributed by atoms with van der Waals surface area (Å²) in [7, 11) is 3.02. The summed E-state index contributed by atoms with van der Waals surface area (Å²) in [6, 6.07) is 13.9. The number of benzene rings is 1. The number of amides is 1. The number of aryl methyl sites for hydroxylation is 1. The van der Waals surface area contributed by atoms with E-state index in [0.717, 1.165) is 28.2 Å². The Labute approximate surface area is 209 Å². The number of para-hydroxylation sites is 1. The van der Waals surface area contributed by atoms with Crippen molar-refractivity contribution >= 4 is 45.7 Å². The smallest absolute Gasteiger partial charge is 0.332 e. The standard InChI is InChI=1S/C24H24N6O3S2/c1-27-21-19(23(32)28(2)24(27)33)22(26-20(25-21)17-9-6-14-34-17)35-15-18(31)30-12-10-29(11-13-30)16-7-4-3-5-8-16/h3-9,14H,10-13,15H2,1-2H3. The molecule has 0 N–H and O–H groups in total. The summed E-state index contributed by atoms with van der Waals surface area (Å²) in [4.78, 5) is 52.7. The Bertz CT molecular complexity index is 1490. The predicted octanol–water partition coefficient (Wildman–Crippen LogP) is 2.20. The van der Waals surface area contributed by atoms with Crippen LogP contribution >= 0.6 is 23.1 Å². The van der Waals surface area contributed by atoms with Crippen molar-refractivity contribution < 1.29 is 4.79 Å². The van der Waals surface area contributed by atoms with Gasteiger partial charge in [0.25, 0.3) is 5.56 Å². The molecule has 0 spiro atoms. The minimum Gasteiger partial charge on any atom is -0.368 e. The third-order valence-electron chi connectivity index (χ3n) is 6.09. The van der Waals surface area contributed by atoms with Gasteiger partial charge >= 0.3 is 5.69 Å². The summed E-state index contributed by atoms with van der Waals surface area (Å²) in [6.45, 7) is 2.80. The molecule has 1 saturated heterocycles. The number of hydrogen-bond acceptors (Lipinski definition) is 8. The highest BCUT2D eigenvalue weighted by Crippen LogP contribution is 2.28. The molecule has 0 aliphatic carbocycles. The first-order valence-corrected chi connectivity index (χ1v) is 13.0. The first-order valence-electron chi connectivity index (χ1n) is 11.2. The lowest BCUT2D eigenvalue weighted by Gasteiger charge is -2.36. The molecule has 4 heterocycles. The van der Waals surface area contributed by atoms with Gasteiger partial charge < -0.3 is 9.80 Å². The summed E-state index contributed by atoms with van der Waals surface area (Å²) in [5, 5.41) is 2.57. The monoisotopic (exact) mass is 508 g/mol. The van der Waals surface area contributed by atoms with Crippen molar-refractivity contribution in [1.82, 2.24) is 24.0 Å². The van der Waals surface area contributed by atoms with E-state index in [1.807, 2.05) is 40.6 Å². The third kappa shape index (κ3) is 4.48. The minimum absolute atomic E-state index is 0.00575. The molecule has 5 rings (SSSR count). The highest BCUT2D eigenvalue weighted by Gasteiger charge is 2.23. The molecular formula is C24H24N6O3S2. The Morgan fingerprint density at radius 3 is 2.40 bits per heavy atom. The average molecular weight is 509 g/mol. The molecule has 1 aliphatic heterocycles. The van der Waals surface area contributed by atoms with Gasteiger partial charge in [-0.2, -0.15) is 0 Å². The number of hydrogen-bond donors (Lipinski definition) is 0. The zero-order chi connectivity index (χ0) is 24.5. The molecule has 35 heavy (non-hydrogen) atoms. The quantitative estimate of drug-likeness (QED) is 0.301. The van der Waals surface area contributed by atoms with Gasteiger partial charge in [0, 0.05) is 46.0 Å². The molecule has 3 aromatic heterocycles. The number of aromatic nitrogens is 4. The topological polar surface area (TPSA) is 93.3 Å². The molecule has 1 aromatic carbocycles. The molecule has 0 atom stereocenters. The summed E-state index contributed by atoms with van der Waals surface area (Å²) in [5.41, 5.74) is 0.501.